The highest BCUT2D eigenvalue weighted by atomic mass is 35.5. The quantitative estimate of drug-likeness (QED) is 0.904. The first-order chi connectivity index (χ1) is 8.78. The molecular weight excluding hydrogens is 266 g/mol. The Morgan fingerprint density at radius 2 is 2.17 bits per heavy atom. The van der Waals surface area contributed by atoms with E-state index in [1.165, 1.54) is 35.5 Å². The van der Waals surface area contributed by atoms with Gasteiger partial charge in [0.15, 0.2) is 5.15 Å². The van der Waals surface area contributed by atoms with Gasteiger partial charge in [0, 0.05) is 5.69 Å². The lowest BCUT2D eigenvalue weighted by atomic mass is 10.1. The van der Waals surface area contributed by atoms with Gasteiger partial charge in [-0.2, -0.15) is 9.64 Å². The van der Waals surface area contributed by atoms with Crippen LogP contribution in [0.4, 0.5) is 10.7 Å². The highest BCUT2D eigenvalue weighted by molar-refractivity contribution is 7.10. The molecule has 1 N–H and O–H groups in total. The monoisotopic (exact) mass is 275 g/mol. The summed E-state index contributed by atoms with van der Waals surface area (Å²) in [5.41, 5.74) is 4.24. The SMILES string of the molecule is N#Cc1c(Cl)nsc1Nc1ccc2c(c1)CCC2. The van der Waals surface area contributed by atoms with E-state index in [0.29, 0.717) is 10.6 Å². The number of anilines is 2. The molecule has 90 valence electrons. The van der Waals surface area contributed by atoms with Crippen LogP contribution in [-0.4, -0.2) is 4.37 Å². The Balaban J connectivity index is 1.91. The molecule has 0 aliphatic heterocycles. The molecule has 0 spiro atoms. The lowest BCUT2D eigenvalue weighted by molar-refractivity contribution is 0.912. The molecular formula is C13H10ClN3S. The fourth-order valence-electron chi connectivity index (χ4n) is 2.23. The van der Waals surface area contributed by atoms with Crippen LogP contribution in [0.3, 0.4) is 0 Å². The summed E-state index contributed by atoms with van der Waals surface area (Å²) >= 11 is 7.06. The van der Waals surface area contributed by atoms with Crippen molar-refractivity contribution in [1.82, 2.24) is 4.37 Å². The smallest absolute Gasteiger partial charge is 0.162 e. The molecule has 5 heteroatoms. The number of halogens is 1. The highest BCUT2D eigenvalue weighted by Crippen LogP contribution is 2.32. The predicted octanol–water partition coefficient (Wildman–Crippen LogP) is 3.90. The van der Waals surface area contributed by atoms with E-state index in [0.717, 1.165) is 12.1 Å². The van der Waals surface area contributed by atoms with Crippen molar-refractivity contribution in [3.8, 4) is 6.07 Å². The maximum absolute atomic E-state index is 9.01. The van der Waals surface area contributed by atoms with Crippen LogP contribution in [0, 0.1) is 11.3 Å². The summed E-state index contributed by atoms with van der Waals surface area (Å²) in [5.74, 6) is 0. The van der Waals surface area contributed by atoms with Crippen molar-refractivity contribution in [2.24, 2.45) is 0 Å². The van der Waals surface area contributed by atoms with Gasteiger partial charge < -0.3 is 5.32 Å². The third kappa shape index (κ3) is 1.96. The van der Waals surface area contributed by atoms with Crippen LogP contribution >= 0.6 is 23.1 Å². The van der Waals surface area contributed by atoms with Crippen molar-refractivity contribution in [1.29, 1.82) is 5.26 Å². The average molecular weight is 276 g/mol. The first-order valence-corrected chi connectivity index (χ1v) is 6.87. The van der Waals surface area contributed by atoms with Gasteiger partial charge in [-0.3, -0.25) is 0 Å². The Hall–Kier alpha value is -1.57. The Labute approximate surface area is 114 Å². The van der Waals surface area contributed by atoms with Crippen LogP contribution in [0.25, 0.3) is 0 Å². The van der Waals surface area contributed by atoms with Gasteiger partial charge in [0.25, 0.3) is 0 Å². The van der Waals surface area contributed by atoms with Crippen molar-refractivity contribution < 1.29 is 0 Å². The van der Waals surface area contributed by atoms with Crippen LogP contribution in [-0.2, 0) is 12.8 Å². The van der Waals surface area contributed by atoms with E-state index in [4.69, 9.17) is 16.9 Å². The molecule has 0 fully saturated rings. The normalized spacial score (nSPS) is 13.1. The first-order valence-electron chi connectivity index (χ1n) is 5.72. The number of aryl methyl sites for hydroxylation is 2. The van der Waals surface area contributed by atoms with E-state index in [1.807, 2.05) is 6.07 Å². The Kier molecular flexibility index (Phi) is 2.94. The van der Waals surface area contributed by atoms with Gasteiger partial charge >= 0.3 is 0 Å². The molecule has 0 unspecified atom stereocenters. The molecule has 3 nitrogen and oxygen atoms in total. The maximum Gasteiger partial charge on any atom is 0.162 e. The van der Waals surface area contributed by atoms with E-state index in [1.54, 1.807) is 0 Å². The minimum Gasteiger partial charge on any atom is -0.345 e. The van der Waals surface area contributed by atoms with Crippen molar-refractivity contribution in [3.05, 3.63) is 40.0 Å². The van der Waals surface area contributed by atoms with Crippen molar-refractivity contribution >= 4 is 33.8 Å². The first kappa shape index (κ1) is 11.5. The Bertz CT molecular complexity index is 642. The van der Waals surface area contributed by atoms with Gasteiger partial charge in [0.2, 0.25) is 0 Å². The zero-order chi connectivity index (χ0) is 12.5. The number of hydrogen-bond acceptors (Lipinski definition) is 4. The second-order valence-electron chi connectivity index (χ2n) is 4.25. The summed E-state index contributed by atoms with van der Waals surface area (Å²) in [5, 5.41) is 13.2. The van der Waals surface area contributed by atoms with E-state index in [2.05, 4.69) is 27.9 Å². The lowest BCUT2D eigenvalue weighted by Gasteiger charge is -2.06. The lowest BCUT2D eigenvalue weighted by Crippen LogP contribution is -1.92. The molecule has 1 aromatic heterocycles. The van der Waals surface area contributed by atoms with Crippen molar-refractivity contribution in [2.75, 3.05) is 5.32 Å². The van der Waals surface area contributed by atoms with Crippen LogP contribution in [0.15, 0.2) is 18.2 Å². The van der Waals surface area contributed by atoms with Gasteiger partial charge in [-0.1, -0.05) is 17.7 Å². The fraction of sp³-hybridized carbons (Fsp3) is 0.231. The average Bonchev–Trinajstić information content (AvgIpc) is 2.96. The summed E-state index contributed by atoms with van der Waals surface area (Å²) < 4.78 is 3.98. The minimum absolute atomic E-state index is 0.270. The molecule has 0 saturated carbocycles. The van der Waals surface area contributed by atoms with Gasteiger partial charge in [-0.05, 0) is 54.1 Å². The third-order valence-corrected chi connectivity index (χ3v) is 4.25. The molecule has 18 heavy (non-hydrogen) atoms. The summed E-state index contributed by atoms with van der Waals surface area (Å²) in [6.45, 7) is 0. The summed E-state index contributed by atoms with van der Waals surface area (Å²) in [7, 11) is 0. The predicted molar refractivity (Wildman–Crippen MR) is 73.6 cm³/mol. The number of rotatable bonds is 2. The van der Waals surface area contributed by atoms with Gasteiger partial charge in [0.1, 0.15) is 16.6 Å². The zero-order valence-electron chi connectivity index (χ0n) is 9.53. The summed E-state index contributed by atoms with van der Waals surface area (Å²) in [4.78, 5) is 0. The standard InChI is InChI=1S/C13H10ClN3S/c14-12-11(7-15)13(18-17-12)16-10-5-4-8-2-1-3-9(8)6-10/h4-6,16H,1-3H2. The maximum atomic E-state index is 9.01. The van der Waals surface area contributed by atoms with Crippen LogP contribution in [0.5, 0.6) is 0 Å². The summed E-state index contributed by atoms with van der Waals surface area (Å²) in [6, 6.07) is 8.41. The highest BCUT2D eigenvalue weighted by Gasteiger charge is 2.14. The molecule has 3 rings (SSSR count). The number of benzene rings is 1. The topological polar surface area (TPSA) is 48.7 Å². The van der Waals surface area contributed by atoms with E-state index in [9.17, 15) is 0 Å². The van der Waals surface area contributed by atoms with Crippen LogP contribution < -0.4 is 5.32 Å². The molecule has 1 aliphatic carbocycles. The largest absolute Gasteiger partial charge is 0.345 e. The molecule has 0 amide bonds. The number of hydrogen-bond donors (Lipinski definition) is 1. The molecule has 1 aliphatic rings. The number of aromatic nitrogens is 1. The van der Waals surface area contributed by atoms with E-state index >= 15 is 0 Å². The zero-order valence-corrected chi connectivity index (χ0v) is 11.1. The van der Waals surface area contributed by atoms with Crippen LogP contribution in [0.2, 0.25) is 5.15 Å². The molecule has 0 bridgehead atoms. The molecule has 0 atom stereocenters. The number of nitrogens with one attached hydrogen (secondary N) is 1. The van der Waals surface area contributed by atoms with Gasteiger partial charge in [-0.15, -0.1) is 0 Å². The number of nitrogens with zero attached hydrogens (tertiary/aromatic N) is 2. The van der Waals surface area contributed by atoms with Gasteiger partial charge in [0.05, 0.1) is 0 Å². The Morgan fingerprint density at radius 3 is 3.00 bits per heavy atom. The van der Waals surface area contributed by atoms with Crippen LogP contribution in [0.1, 0.15) is 23.1 Å². The minimum atomic E-state index is 0.270. The third-order valence-electron chi connectivity index (χ3n) is 3.12. The second-order valence-corrected chi connectivity index (χ2v) is 5.38. The number of fused-ring (bicyclic) bond motifs is 1. The molecule has 2 aromatic rings. The molecule has 0 saturated heterocycles. The van der Waals surface area contributed by atoms with Gasteiger partial charge in [-0.25, -0.2) is 0 Å². The summed E-state index contributed by atoms with van der Waals surface area (Å²) in [6.07, 6.45) is 3.54. The molecule has 1 aromatic carbocycles. The Morgan fingerprint density at radius 1 is 1.33 bits per heavy atom. The van der Waals surface area contributed by atoms with E-state index in [-0.39, 0.29) is 5.15 Å². The number of nitriles is 1. The fourth-order valence-corrected chi connectivity index (χ4v) is 3.19. The second kappa shape index (κ2) is 4.60. The molecule has 0 radical (unpaired) electrons. The van der Waals surface area contributed by atoms with E-state index < -0.39 is 0 Å². The van der Waals surface area contributed by atoms with Crippen molar-refractivity contribution in [2.45, 2.75) is 19.3 Å². The van der Waals surface area contributed by atoms with Crippen molar-refractivity contribution in [3.63, 3.8) is 0 Å². The molecule has 1 heterocycles.